The van der Waals surface area contributed by atoms with E-state index in [0.717, 1.165) is 51.9 Å². The number of carbonyl (C=O) groups is 1. The lowest BCUT2D eigenvalue weighted by Crippen LogP contribution is -2.39. The van der Waals surface area contributed by atoms with Gasteiger partial charge < -0.3 is 15.3 Å². The van der Waals surface area contributed by atoms with Crippen LogP contribution in [-0.2, 0) is 11.2 Å². The van der Waals surface area contributed by atoms with Gasteiger partial charge in [-0.1, -0.05) is 44.2 Å². The Hall–Kier alpha value is -1.39. The molecule has 1 saturated heterocycles. The molecule has 0 spiro atoms. The van der Waals surface area contributed by atoms with Gasteiger partial charge in [-0.15, -0.1) is 0 Å². The summed E-state index contributed by atoms with van der Waals surface area (Å²) in [5, 5.41) is 12.6. The standard InChI is InChI=1S/C20H32N2O2/c1-16(2)19(15-17-7-4-3-5-8-17)20(24)21-11-6-12-22-13-9-18(23)10-14-22/h3-5,7-8,16,18-19,23H,6,9-15H2,1-2H3,(H,21,24). The molecule has 1 unspecified atom stereocenters. The molecule has 1 aromatic carbocycles. The van der Waals surface area contributed by atoms with Gasteiger partial charge in [-0.05, 0) is 43.7 Å². The second-order valence-electron chi connectivity index (χ2n) is 7.26. The van der Waals surface area contributed by atoms with Crippen LogP contribution in [0.5, 0.6) is 0 Å². The van der Waals surface area contributed by atoms with Gasteiger partial charge in [-0.25, -0.2) is 0 Å². The van der Waals surface area contributed by atoms with Crippen molar-refractivity contribution in [3.8, 4) is 0 Å². The van der Waals surface area contributed by atoms with Gasteiger partial charge in [0.05, 0.1) is 6.10 Å². The van der Waals surface area contributed by atoms with Crippen LogP contribution in [-0.4, -0.2) is 48.2 Å². The highest BCUT2D eigenvalue weighted by Gasteiger charge is 2.22. The van der Waals surface area contributed by atoms with E-state index in [0.29, 0.717) is 5.92 Å². The molecule has 0 aromatic heterocycles. The molecular weight excluding hydrogens is 300 g/mol. The Labute approximate surface area is 146 Å². The zero-order valence-corrected chi connectivity index (χ0v) is 15.1. The molecule has 1 aromatic rings. The molecule has 24 heavy (non-hydrogen) atoms. The van der Waals surface area contributed by atoms with Gasteiger partial charge in [-0.3, -0.25) is 4.79 Å². The number of piperidine rings is 1. The monoisotopic (exact) mass is 332 g/mol. The van der Waals surface area contributed by atoms with E-state index in [-0.39, 0.29) is 17.9 Å². The third kappa shape index (κ3) is 6.25. The Bertz CT molecular complexity index is 482. The van der Waals surface area contributed by atoms with Gasteiger partial charge in [-0.2, -0.15) is 0 Å². The number of nitrogens with zero attached hydrogens (tertiary/aromatic N) is 1. The van der Waals surface area contributed by atoms with Crippen molar-refractivity contribution in [3.63, 3.8) is 0 Å². The summed E-state index contributed by atoms with van der Waals surface area (Å²) in [6.45, 7) is 7.90. The second-order valence-corrected chi connectivity index (χ2v) is 7.26. The van der Waals surface area contributed by atoms with E-state index in [1.807, 2.05) is 18.2 Å². The first kappa shape index (κ1) is 18.9. The fourth-order valence-corrected chi connectivity index (χ4v) is 3.29. The van der Waals surface area contributed by atoms with Crippen LogP contribution < -0.4 is 5.32 Å². The number of hydrogen-bond donors (Lipinski definition) is 2. The minimum atomic E-state index is -0.120. The predicted molar refractivity (Wildman–Crippen MR) is 97.8 cm³/mol. The molecule has 1 fully saturated rings. The molecule has 1 aliphatic heterocycles. The summed E-state index contributed by atoms with van der Waals surface area (Å²) in [4.78, 5) is 14.9. The van der Waals surface area contributed by atoms with Crippen LogP contribution in [0.15, 0.2) is 30.3 Å². The number of rotatable bonds is 8. The molecule has 2 rings (SSSR count). The summed E-state index contributed by atoms with van der Waals surface area (Å²) in [7, 11) is 0. The summed E-state index contributed by atoms with van der Waals surface area (Å²) in [5.74, 6) is 0.522. The lowest BCUT2D eigenvalue weighted by molar-refractivity contribution is -0.126. The molecule has 2 N–H and O–H groups in total. The number of amides is 1. The largest absolute Gasteiger partial charge is 0.393 e. The van der Waals surface area contributed by atoms with E-state index in [4.69, 9.17) is 0 Å². The summed E-state index contributed by atoms with van der Waals surface area (Å²) in [6.07, 6.45) is 3.40. The van der Waals surface area contributed by atoms with Gasteiger partial charge >= 0.3 is 0 Å². The van der Waals surface area contributed by atoms with E-state index >= 15 is 0 Å². The number of likely N-dealkylation sites (tertiary alicyclic amines) is 1. The summed E-state index contributed by atoms with van der Waals surface area (Å²) >= 11 is 0. The summed E-state index contributed by atoms with van der Waals surface area (Å²) < 4.78 is 0. The molecule has 0 saturated carbocycles. The van der Waals surface area contributed by atoms with Gasteiger partial charge in [0.25, 0.3) is 0 Å². The van der Waals surface area contributed by atoms with Crippen LogP contribution in [0, 0.1) is 11.8 Å². The maximum absolute atomic E-state index is 12.5. The number of aliphatic hydroxyl groups excluding tert-OH is 1. The maximum atomic E-state index is 12.5. The van der Waals surface area contributed by atoms with E-state index < -0.39 is 0 Å². The second kappa shape index (κ2) is 9.80. The summed E-state index contributed by atoms with van der Waals surface area (Å²) in [6, 6.07) is 10.2. The Morgan fingerprint density at radius 2 is 1.92 bits per heavy atom. The topological polar surface area (TPSA) is 52.6 Å². The highest BCUT2D eigenvalue weighted by atomic mass is 16.3. The van der Waals surface area contributed by atoms with Gasteiger partial charge in [0, 0.05) is 25.6 Å². The van der Waals surface area contributed by atoms with E-state index in [1.54, 1.807) is 0 Å². The zero-order chi connectivity index (χ0) is 17.4. The highest BCUT2D eigenvalue weighted by Crippen LogP contribution is 2.17. The molecule has 4 nitrogen and oxygen atoms in total. The first-order valence-electron chi connectivity index (χ1n) is 9.28. The number of aliphatic hydroxyl groups is 1. The smallest absolute Gasteiger partial charge is 0.223 e. The maximum Gasteiger partial charge on any atom is 0.223 e. The number of carbonyl (C=O) groups excluding carboxylic acids is 1. The lowest BCUT2D eigenvalue weighted by Gasteiger charge is -2.29. The molecule has 0 radical (unpaired) electrons. The SMILES string of the molecule is CC(C)C(Cc1ccccc1)C(=O)NCCCN1CCC(O)CC1. The van der Waals surface area contributed by atoms with Crippen LogP contribution in [0.2, 0.25) is 0 Å². The zero-order valence-electron chi connectivity index (χ0n) is 15.1. The van der Waals surface area contributed by atoms with Crippen LogP contribution in [0.1, 0.15) is 38.7 Å². The van der Waals surface area contributed by atoms with Crippen LogP contribution in [0.25, 0.3) is 0 Å². The van der Waals surface area contributed by atoms with Crippen molar-refractivity contribution in [2.75, 3.05) is 26.2 Å². The van der Waals surface area contributed by atoms with Crippen LogP contribution in [0.3, 0.4) is 0 Å². The average Bonchev–Trinajstić information content (AvgIpc) is 2.58. The van der Waals surface area contributed by atoms with E-state index in [1.165, 1.54) is 5.56 Å². The van der Waals surface area contributed by atoms with Gasteiger partial charge in [0.15, 0.2) is 0 Å². The van der Waals surface area contributed by atoms with E-state index in [2.05, 4.69) is 36.2 Å². The molecule has 1 aliphatic rings. The van der Waals surface area contributed by atoms with Crippen molar-refractivity contribution in [1.29, 1.82) is 0 Å². The third-order valence-electron chi connectivity index (χ3n) is 4.95. The summed E-state index contributed by atoms with van der Waals surface area (Å²) in [5.41, 5.74) is 1.22. The number of hydrogen-bond acceptors (Lipinski definition) is 3. The molecule has 1 heterocycles. The van der Waals surface area contributed by atoms with Crippen molar-refractivity contribution in [1.82, 2.24) is 10.2 Å². The van der Waals surface area contributed by atoms with E-state index in [9.17, 15) is 9.90 Å². The van der Waals surface area contributed by atoms with Crippen LogP contribution >= 0.6 is 0 Å². The quantitative estimate of drug-likeness (QED) is 0.719. The Balaban J connectivity index is 1.71. The first-order valence-corrected chi connectivity index (χ1v) is 9.28. The molecule has 0 bridgehead atoms. The first-order chi connectivity index (χ1) is 11.6. The predicted octanol–water partition coefficient (Wildman–Crippen LogP) is 2.46. The van der Waals surface area contributed by atoms with Crippen molar-refractivity contribution in [3.05, 3.63) is 35.9 Å². The minimum absolute atomic E-state index is 0.0255. The molecule has 134 valence electrons. The number of benzene rings is 1. The fourth-order valence-electron chi connectivity index (χ4n) is 3.29. The average molecular weight is 332 g/mol. The molecule has 1 atom stereocenters. The van der Waals surface area contributed by atoms with Crippen LogP contribution in [0.4, 0.5) is 0 Å². The minimum Gasteiger partial charge on any atom is -0.393 e. The molecule has 0 aliphatic carbocycles. The number of nitrogens with one attached hydrogen (secondary N) is 1. The highest BCUT2D eigenvalue weighted by molar-refractivity contribution is 5.79. The molecular formula is C20H32N2O2. The third-order valence-corrected chi connectivity index (χ3v) is 4.95. The van der Waals surface area contributed by atoms with Gasteiger partial charge in [0.2, 0.25) is 5.91 Å². The van der Waals surface area contributed by atoms with Crippen molar-refractivity contribution < 1.29 is 9.90 Å². The lowest BCUT2D eigenvalue weighted by atomic mass is 9.88. The van der Waals surface area contributed by atoms with Crippen molar-refractivity contribution in [2.24, 2.45) is 11.8 Å². The molecule has 1 amide bonds. The molecule has 4 heteroatoms. The van der Waals surface area contributed by atoms with Crippen molar-refractivity contribution >= 4 is 5.91 Å². The normalized spacial score (nSPS) is 17.8. The van der Waals surface area contributed by atoms with Gasteiger partial charge in [0.1, 0.15) is 0 Å². The fraction of sp³-hybridized carbons (Fsp3) is 0.650. The van der Waals surface area contributed by atoms with Crippen molar-refractivity contribution in [2.45, 2.75) is 45.6 Å². The Kier molecular flexibility index (Phi) is 7.73. The Morgan fingerprint density at radius 3 is 2.54 bits per heavy atom. The Morgan fingerprint density at radius 1 is 1.25 bits per heavy atom.